The van der Waals surface area contributed by atoms with E-state index in [9.17, 15) is 9.90 Å². The molecule has 1 aliphatic rings. The van der Waals surface area contributed by atoms with Gasteiger partial charge < -0.3 is 20.3 Å². The smallest absolute Gasteiger partial charge is 0.326 e. The third-order valence-corrected chi connectivity index (χ3v) is 4.20. The van der Waals surface area contributed by atoms with E-state index in [0.717, 1.165) is 22.2 Å². The molecular formula is C14H15N3O2S. The Kier molecular flexibility index (Phi) is 3.10. The second-order valence-corrected chi connectivity index (χ2v) is 5.26. The van der Waals surface area contributed by atoms with Crippen molar-refractivity contribution in [2.75, 3.05) is 7.05 Å². The zero-order chi connectivity index (χ0) is 14.3. The summed E-state index contributed by atoms with van der Waals surface area (Å²) in [6.07, 6.45) is 0.455. The second kappa shape index (κ2) is 4.79. The molecule has 0 bridgehead atoms. The summed E-state index contributed by atoms with van der Waals surface area (Å²) in [5.74, 6) is -0.849. The van der Waals surface area contributed by atoms with Gasteiger partial charge in [-0.05, 0) is 23.8 Å². The van der Waals surface area contributed by atoms with Gasteiger partial charge in [0.15, 0.2) is 5.11 Å². The van der Waals surface area contributed by atoms with Crippen molar-refractivity contribution >= 4 is 34.2 Å². The van der Waals surface area contributed by atoms with E-state index >= 15 is 0 Å². The maximum Gasteiger partial charge on any atom is 0.326 e. The van der Waals surface area contributed by atoms with Gasteiger partial charge in [0.2, 0.25) is 0 Å². The molecule has 1 aromatic heterocycles. The first-order valence-electron chi connectivity index (χ1n) is 6.41. The van der Waals surface area contributed by atoms with E-state index in [-0.39, 0.29) is 0 Å². The monoisotopic (exact) mass is 289 g/mol. The van der Waals surface area contributed by atoms with Crippen molar-refractivity contribution in [2.24, 2.45) is 0 Å². The van der Waals surface area contributed by atoms with E-state index in [2.05, 4.69) is 10.3 Å². The van der Waals surface area contributed by atoms with E-state index in [4.69, 9.17) is 12.2 Å². The Morgan fingerprint density at radius 3 is 2.95 bits per heavy atom. The largest absolute Gasteiger partial charge is 0.480 e. The van der Waals surface area contributed by atoms with Gasteiger partial charge in [0.05, 0.1) is 6.54 Å². The van der Waals surface area contributed by atoms with Gasteiger partial charge in [0, 0.05) is 30.1 Å². The minimum Gasteiger partial charge on any atom is -0.480 e. The molecule has 0 amide bonds. The van der Waals surface area contributed by atoms with Gasteiger partial charge >= 0.3 is 5.97 Å². The highest BCUT2D eigenvalue weighted by Gasteiger charge is 2.34. The molecule has 20 heavy (non-hydrogen) atoms. The Morgan fingerprint density at radius 2 is 2.25 bits per heavy atom. The number of carboxylic acid groups (broad SMARTS) is 1. The Morgan fingerprint density at radius 1 is 1.50 bits per heavy atom. The van der Waals surface area contributed by atoms with Crippen molar-refractivity contribution in [1.29, 1.82) is 0 Å². The molecular weight excluding hydrogens is 274 g/mol. The summed E-state index contributed by atoms with van der Waals surface area (Å²) in [4.78, 5) is 16.6. The number of thiocarbonyl (C=S) groups is 1. The fourth-order valence-electron chi connectivity index (χ4n) is 2.79. The summed E-state index contributed by atoms with van der Waals surface area (Å²) < 4.78 is 0. The Hall–Kier alpha value is -2.08. The van der Waals surface area contributed by atoms with Gasteiger partial charge in [-0.1, -0.05) is 18.2 Å². The lowest BCUT2D eigenvalue weighted by Gasteiger charge is -2.34. The number of nitrogens with zero attached hydrogens (tertiary/aromatic N) is 1. The summed E-state index contributed by atoms with van der Waals surface area (Å²) in [5, 5.41) is 13.9. The molecule has 2 heterocycles. The molecule has 0 fully saturated rings. The highest BCUT2D eigenvalue weighted by Crippen LogP contribution is 2.30. The second-order valence-electron chi connectivity index (χ2n) is 4.87. The molecule has 104 valence electrons. The number of aliphatic carboxylic acids is 1. The molecule has 0 radical (unpaired) electrons. The van der Waals surface area contributed by atoms with Crippen LogP contribution >= 0.6 is 12.2 Å². The fraction of sp³-hybridized carbons (Fsp3) is 0.286. The van der Waals surface area contributed by atoms with Crippen LogP contribution in [-0.2, 0) is 17.8 Å². The first-order valence-corrected chi connectivity index (χ1v) is 6.82. The fourth-order valence-corrected chi connectivity index (χ4v) is 2.98. The first kappa shape index (κ1) is 12.9. The topological polar surface area (TPSA) is 68.4 Å². The molecule has 1 aromatic carbocycles. The molecule has 1 atom stereocenters. The van der Waals surface area contributed by atoms with Gasteiger partial charge in [-0.15, -0.1) is 0 Å². The maximum absolute atomic E-state index is 11.5. The number of hydrogen-bond donors (Lipinski definition) is 3. The highest BCUT2D eigenvalue weighted by molar-refractivity contribution is 7.80. The molecule has 6 heteroatoms. The predicted octanol–water partition coefficient (Wildman–Crippen LogP) is 1.48. The van der Waals surface area contributed by atoms with Crippen molar-refractivity contribution in [2.45, 2.75) is 19.0 Å². The highest BCUT2D eigenvalue weighted by atomic mass is 32.1. The normalized spacial score (nSPS) is 17.9. The van der Waals surface area contributed by atoms with Crippen LogP contribution in [0, 0.1) is 0 Å². The number of fused-ring (bicyclic) bond motifs is 3. The van der Waals surface area contributed by atoms with Crippen molar-refractivity contribution in [1.82, 2.24) is 15.2 Å². The SMILES string of the molecule is CNC(=S)N1Cc2[nH]c3ccccc3c2CC1C(=O)O. The third-order valence-electron chi connectivity index (χ3n) is 3.76. The molecule has 5 nitrogen and oxygen atoms in total. The number of benzene rings is 1. The maximum atomic E-state index is 11.5. The Labute approximate surface area is 121 Å². The molecule has 0 saturated carbocycles. The van der Waals surface area contributed by atoms with Gasteiger partial charge in [-0.2, -0.15) is 0 Å². The standard InChI is InChI=1S/C14H15N3O2S/c1-15-14(20)17-7-11-9(6-12(17)13(18)19)8-4-2-3-5-10(8)16-11/h2-5,12,16H,6-7H2,1H3,(H,15,20)(H,18,19). The van der Waals surface area contributed by atoms with Crippen LogP contribution in [0.5, 0.6) is 0 Å². The molecule has 0 spiro atoms. The van der Waals surface area contributed by atoms with Crippen molar-refractivity contribution in [3.8, 4) is 0 Å². The van der Waals surface area contributed by atoms with Crippen molar-refractivity contribution in [3.63, 3.8) is 0 Å². The lowest BCUT2D eigenvalue weighted by Crippen LogP contribution is -2.51. The average Bonchev–Trinajstić information content (AvgIpc) is 2.82. The minimum atomic E-state index is -0.849. The lowest BCUT2D eigenvalue weighted by atomic mass is 9.97. The molecule has 0 saturated heterocycles. The first-order chi connectivity index (χ1) is 9.61. The Bertz CT molecular complexity index is 695. The number of carboxylic acids is 1. The van der Waals surface area contributed by atoms with E-state index in [1.807, 2.05) is 24.3 Å². The van der Waals surface area contributed by atoms with Gasteiger partial charge in [0.25, 0.3) is 0 Å². The number of hydrogen-bond acceptors (Lipinski definition) is 2. The number of H-pyrrole nitrogens is 1. The number of carbonyl (C=O) groups is 1. The van der Waals surface area contributed by atoms with Crippen LogP contribution in [0.3, 0.4) is 0 Å². The van der Waals surface area contributed by atoms with E-state index < -0.39 is 12.0 Å². The van der Waals surface area contributed by atoms with Crippen LogP contribution in [0.4, 0.5) is 0 Å². The summed E-state index contributed by atoms with van der Waals surface area (Å²) in [7, 11) is 1.71. The Balaban J connectivity index is 2.08. The zero-order valence-corrected chi connectivity index (χ0v) is 11.8. The minimum absolute atomic E-state index is 0.455. The van der Waals surface area contributed by atoms with Gasteiger partial charge in [-0.25, -0.2) is 4.79 Å². The molecule has 1 aliphatic heterocycles. The van der Waals surface area contributed by atoms with Crippen LogP contribution in [0.15, 0.2) is 24.3 Å². The molecule has 3 rings (SSSR count). The molecule has 3 N–H and O–H groups in total. The van der Waals surface area contributed by atoms with E-state index in [1.54, 1.807) is 11.9 Å². The predicted molar refractivity (Wildman–Crippen MR) is 80.6 cm³/mol. The summed E-state index contributed by atoms with van der Waals surface area (Å²) in [6, 6.07) is 7.34. The van der Waals surface area contributed by atoms with Crippen LogP contribution in [-0.4, -0.2) is 39.2 Å². The number of nitrogens with one attached hydrogen (secondary N) is 2. The van der Waals surface area contributed by atoms with Crippen LogP contribution in [0.1, 0.15) is 11.3 Å². The molecule has 1 unspecified atom stereocenters. The summed E-state index contributed by atoms with van der Waals surface area (Å²) >= 11 is 5.22. The zero-order valence-electron chi connectivity index (χ0n) is 11.0. The number of rotatable bonds is 1. The quantitative estimate of drug-likeness (QED) is 0.694. The lowest BCUT2D eigenvalue weighted by molar-refractivity contribution is -0.142. The molecule has 0 aliphatic carbocycles. The van der Waals surface area contributed by atoms with E-state index in [1.165, 1.54) is 0 Å². The van der Waals surface area contributed by atoms with Crippen LogP contribution in [0.25, 0.3) is 10.9 Å². The van der Waals surface area contributed by atoms with Crippen molar-refractivity contribution < 1.29 is 9.90 Å². The number of aromatic amines is 1. The summed E-state index contributed by atoms with van der Waals surface area (Å²) in [6.45, 7) is 0.487. The van der Waals surface area contributed by atoms with Gasteiger partial charge in [-0.3, -0.25) is 0 Å². The van der Waals surface area contributed by atoms with Crippen LogP contribution in [0.2, 0.25) is 0 Å². The van der Waals surface area contributed by atoms with Crippen molar-refractivity contribution in [3.05, 3.63) is 35.5 Å². The van der Waals surface area contributed by atoms with Gasteiger partial charge in [0.1, 0.15) is 6.04 Å². The molecule has 2 aromatic rings. The average molecular weight is 289 g/mol. The summed E-state index contributed by atoms with van der Waals surface area (Å²) in [5.41, 5.74) is 3.17. The van der Waals surface area contributed by atoms with Crippen LogP contribution < -0.4 is 5.32 Å². The van der Waals surface area contributed by atoms with E-state index in [0.29, 0.717) is 18.1 Å². The number of aromatic nitrogens is 1. The third kappa shape index (κ3) is 1.92. The number of para-hydroxylation sites is 1.